The highest BCUT2D eigenvalue weighted by Gasteiger charge is 2.45. The first-order valence-corrected chi connectivity index (χ1v) is 8.15. The Kier molecular flexibility index (Phi) is 3.78. The third kappa shape index (κ3) is 2.29. The Bertz CT molecular complexity index is 505. The van der Waals surface area contributed by atoms with Crippen molar-refractivity contribution in [1.82, 2.24) is 10.2 Å². The van der Waals surface area contributed by atoms with Crippen molar-refractivity contribution in [3.63, 3.8) is 0 Å². The molecule has 6 heteroatoms. The fourth-order valence-electron chi connectivity index (χ4n) is 3.42. The number of amides is 1. The molecule has 2 saturated heterocycles. The van der Waals surface area contributed by atoms with Gasteiger partial charge in [0.1, 0.15) is 4.34 Å². The number of hydrogen-bond acceptors (Lipinski definition) is 3. The summed E-state index contributed by atoms with van der Waals surface area (Å²) in [6.07, 6.45) is 0.990. The molecule has 3 unspecified atom stereocenters. The van der Waals surface area contributed by atoms with Crippen LogP contribution in [0.25, 0.3) is 0 Å². The Balaban J connectivity index is 1.85. The minimum absolute atomic E-state index is 0.0365. The molecule has 3 atom stereocenters. The average molecular weight is 319 g/mol. The molecule has 3 rings (SSSR count). The fourth-order valence-corrected chi connectivity index (χ4v) is 4.87. The number of halogens is 2. The summed E-state index contributed by atoms with van der Waals surface area (Å²) in [5.74, 6) is 1.21. The molecule has 2 fully saturated rings. The van der Waals surface area contributed by atoms with Gasteiger partial charge in [0, 0.05) is 25.7 Å². The van der Waals surface area contributed by atoms with Crippen molar-refractivity contribution in [2.45, 2.75) is 19.4 Å². The Labute approximate surface area is 126 Å². The fraction of sp³-hybridized carbons (Fsp3) is 0.615. The molecule has 1 aromatic heterocycles. The summed E-state index contributed by atoms with van der Waals surface area (Å²) < 4.78 is 1.07. The number of thiophene rings is 1. The third-order valence-electron chi connectivity index (χ3n) is 4.28. The van der Waals surface area contributed by atoms with Crippen molar-refractivity contribution >= 4 is 40.4 Å². The first kappa shape index (κ1) is 13.7. The number of carbonyl (C=O) groups excluding carboxylic acids is 1. The quantitative estimate of drug-likeness (QED) is 0.908. The molecule has 0 saturated carbocycles. The zero-order valence-corrected chi connectivity index (χ0v) is 13.0. The molecule has 19 heavy (non-hydrogen) atoms. The molecular formula is C13H16Cl2N2OS. The van der Waals surface area contributed by atoms with Crippen molar-refractivity contribution in [3.8, 4) is 0 Å². The SMILES string of the molecule is CCC1C2CNCC2CN1C(=O)c1cc(Cl)sc1Cl. The van der Waals surface area contributed by atoms with Crippen molar-refractivity contribution in [3.05, 3.63) is 20.3 Å². The average Bonchev–Trinajstić information content (AvgIpc) is 3.01. The number of carbonyl (C=O) groups is 1. The summed E-state index contributed by atoms with van der Waals surface area (Å²) in [6, 6.07) is 2.01. The molecule has 104 valence electrons. The molecule has 1 N–H and O–H groups in total. The van der Waals surface area contributed by atoms with E-state index in [-0.39, 0.29) is 5.91 Å². The predicted octanol–water partition coefficient (Wildman–Crippen LogP) is 3.12. The summed E-state index contributed by atoms with van der Waals surface area (Å²) >= 11 is 13.3. The van der Waals surface area contributed by atoms with Crippen LogP contribution >= 0.6 is 34.5 Å². The maximum atomic E-state index is 12.7. The Morgan fingerprint density at radius 2 is 2.32 bits per heavy atom. The molecule has 0 spiro atoms. The number of likely N-dealkylation sites (tertiary alicyclic amines) is 1. The molecular weight excluding hydrogens is 303 g/mol. The van der Waals surface area contributed by atoms with Gasteiger partial charge in [0.15, 0.2) is 0 Å². The van der Waals surface area contributed by atoms with E-state index >= 15 is 0 Å². The summed E-state index contributed by atoms with van der Waals surface area (Å²) in [7, 11) is 0. The van der Waals surface area contributed by atoms with Gasteiger partial charge < -0.3 is 10.2 Å². The maximum Gasteiger partial charge on any atom is 0.256 e. The highest BCUT2D eigenvalue weighted by atomic mass is 35.5. The van der Waals surface area contributed by atoms with Gasteiger partial charge in [-0.2, -0.15) is 0 Å². The standard InChI is InChI=1S/C13H16Cl2N2OS/c1-2-10-9-5-16-4-7(9)6-17(10)13(18)8-3-11(14)19-12(8)15/h3,7,9-10,16H,2,4-6H2,1H3. The molecule has 2 aliphatic heterocycles. The van der Waals surface area contributed by atoms with Crippen LogP contribution in [0.2, 0.25) is 8.67 Å². The van der Waals surface area contributed by atoms with Crippen LogP contribution in [0, 0.1) is 11.8 Å². The molecule has 1 aromatic rings. The summed E-state index contributed by atoms with van der Waals surface area (Å²) in [5, 5.41) is 3.42. The monoisotopic (exact) mass is 318 g/mol. The van der Waals surface area contributed by atoms with E-state index in [0.29, 0.717) is 32.1 Å². The Morgan fingerprint density at radius 3 is 2.95 bits per heavy atom. The maximum absolute atomic E-state index is 12.7. The van der Waals surface area contributed by atoms with Gasteiger partial charge in [0.2, 0.25) is 0 Å². The van der Waals surface area contributed by atoms with Crippen molar-refractivity contribution < 1.29 is 4.79 Å². The first-order valence-electron chi connectivity index (χ1n) is 6.58. The Morgan fingerprint density at radius 1 is 1.53 bits per heavy atom. The second kappa shape index (κ2) is 5.24. The third-order valence-corrected chi connectivity index (χ3v) is 5.77. The van der Waals surface area contributed by atoms with E-state index in [1.807, 2.05) is 4.90 Å². The first-order chi connectivity index (χ1) is 9.11. The minimum atomic E-state index is 0.0365. The van der Waals surface area contributed by atoms with Gasteiger partial charge in [-0.05, 0) is 24.3 Å². The van der Waals surface area contributed by atoms with E-state index in [1.165, 1.54) is 11.3 Å². The number of nitrogens with zero attached hydrogens (tertiary/aromatic N) is 1. The molecule has 2 aliphatic rings. The second-order valence-electron chi connectivity index (χ2n) is 5.25. The van der Waals surface area contributed by atoms with Crippen LogP contribution in [0.5, 0.6) is 0 Å². The molecule has 0 aromatic carbocycles. The van der Waals surface area contributed by atoms with Crippen LogP contribution in [0.4, 0.5) is 0 Å². The lowest BCUT2D eigenvalue weighted by atomic mass is 9.93. The predicted molar refractivity (Wildman–Crippen MR) is 79.3 cm³/mol. The normalized spacial score (nSPS) is 29.8. The van der Waals surface area contributed by atoms with Crippen molar-refractivity contribution in [1.29, 1.82) is 0 Å². The van der Waals surface area contributed by atoms with Crippen LogP contribution in [0.1, 0.15) is 23.7 Å². The van der Waals surface area contributed by atoms with Crippen LogP contribution in [0.15, 0.2) is 6.07 Å². The second-order valence-corrected chi connectivity index (χ2v) is 7.54. The van der Waals surface area contributed by atoms with Gasteiger partial charge in [-0.1, -0.05) is 30.1 Å². The van der Waals surface area contributed by atoms with Crippen LogP contribution in [-0.4, -0.2) is 36.5 Å². The molecule has 0 radical (unpaired) electrons. The Hall–Kier alpha value is -0.290. The number of nitrogens with one attached hydrogen (secondary N) is 1. The highest BCUT2D eigenvalue weighted by molar-refractivity contribution is 7.20. The lowest BCUT2D eigenvalue weighted by molar-refractivity contribution is 0.0712. The van der Waals surface area contributed by atoms with E-state index in [4.69, 9.17) is 23.2 Å². The van der Waals surface area contributed by atoms with Crippen LogP contribution < -0.4 is 5.32 Å². The highest BCUT2D eigenvalue weighted by Crippen LogP contribution is 2.38. The summed E-state index contributed by atoms with van der Waals surface area (Å²) in [6.45, 7) is 5.01. The molecule has 0 aliphatic carbocycles. The molecule has 3 nitrogen and oxygen atoms in total. The topological polar surface area (TPSA) is 32.3 Å². The smallest absolute Gasteiger partial charge is 0.256 e. The number of hydrogen-bond donors (Lipinski definition) is 1. The van der Waals surface area contributed by atoms with E-state index < -0.39 is 0 Å². The van der Waals surface area contributed by atoms with Gasteiger partial charge in [0.25, 0.3) is 5.91 Å². The van der Waals surface area contributed by atoms with E-state index in [1.54, 1.807) is 6.07 Å². The summed E-state index contributed by atoms with van der Waals surface area (Å²) in [4.78, 5) is 14.7. The largest absolute Gasteiger partial charge is 0.335 e. The lowest BCUT2D eigenvalue weighted by Crippen LogP contribution is -2.39. The number of rotatable bonds is 2. The van der Waals surface area contributed by atoms with Gasteiger partial charge in [-0.15, -0.1) is 11.3 Å². The zero-order valence-electron chi connectivity index (χ0n) is 10.7. The molecule has 3 heterocycles. The zero-order chi connectivity index (χ0) is 13.6. The van der Waals surface area contributed by atoms with Gasteiger partial charge in [0.05, 0.1) is 9.90 Å². The minimum Gasteiger partial charge on any atom is -0.335 e. The van der Waals surface area contributed by atoms with Gasteiger partial charge in [-0.25, -0.2) is 0 Å². The molecule has 1 amide bonds. The van der Waals surface area contributed by atoms with Crippen molar-refractivity contribution in [2.24, 2.45) is 11.8 Å². The summed E-state index contributed by atoms with van der Waals surface area (Å²) in [5.41, 5.74) is 0.558. The van der Waals surface area contributed by atoms with Gasteiger partial charge in [-0.3, -0.25) is 4.79 Å². The number of fused-ring (bicyclic) bond motifs is 1. The van der Waals surface area contributed by atoms with Crippen molar-refractivity contribution in [2.75, 3.05) is 19.6 Å². The van der Waals surface area contributed by atoms with E-state index in [2.05, 4.69) is 12.2 Å². The molecule has 0 bridgehead atoms. The van der Waals surface area contributed by atoms with Crippen LogP contribution in [-0.2, 0) is 0 Å². The van der Waals surface area contributed by atoms with E-state index in [0.717, 1.165) is 26.1 Å². The van der Waals surface area contributed by atoms with Crippen LogP contribution in [0.3, 0.4) is 0 Å². The van der Waals surface area contributed by atoms with Gasteiger partial charge >= 0.3 is 0 Å². The lowest BCUT2D eigenvalue weighted by Gasteiger charge is -2.26. The van der Waals surface area contributed by atoms with E-state index in [9.17, 15) is 4.79 Å².